The number of carboxylic acid groups (broad SMARTS) is 1. The van der Waals surface area contributed by atoms with E-state index >= 15 is 0 Å². The van der Waals surface area contributed by atoms with Crippen molar-refractivity contribution in [3.8, 4) is 0 Å². The van der Waals surface area contributed by atoms with E-state index in [-0.39, 0.29) is 5.41 Å². The van der Waals surface area contributed by atoms with Gasteiger partial charge in [0.05, 0.1) is 5.41 Å². The van der Waals surface area contributed by atoms with Gasteiger partial charge in [-0.1, -0.05) is 20.3 Å². The normalized spacial score (nSPS) is 41.9. The molecule has 2 rings (SSSR count). The maximum absolute atomic E-state index is 11.3. The van der Waals surface area contributed by atoms with E-state index in [1.165, 1.54) is 6.42 Å². The van der Waals surface area contributed by atoms with Crippen molar-refractivity contribution in [1.29, 1.82) is 0 Å². The van der Waals surface area contributed by atoms with E-state index in [1.807, 2.05) is 0 Å². The van der Waals surface area contributed by atoms with E-state index in [0.717, 1.165) is 37.5 Å². The topological polar surface area (TPSA) is 37.3 Å². The summed E-state index contributed by atoms with van der Waals surface area (Å²) in [5.74, 6) is 1.54. The van der Waals surface area contributed by atoms with Crippen molar-refractivity contribution in [3.05, 3.63) is 0 Å². The Morgan fingerprint density at radius 1 is 1.50 bits per heavy atom. The maximum Gasteiger partial charge on any atom is 0.309 e. The smallest absolute Gasteiger partial charge is 0.309 e. The summed E-state index contributed by atoms with van der Waals surface area (Å²) in [6, 6.07) is 0. The first-order valence-corrected chi connectivity index (χ1v) is 5.81. The van der Waals surface area contributed by atoms with E-state index in [9.17, 15) is 9.90 Å². The summed E-state index contributed by atoms with van der Waals surface area (Å²) in [5, 5.41) is 9.35. The molecule has 80 valence electrons. The number of carboxylic acids is 1. The van der Waals surface area contributed by atoms with Crippen LogP contribution in [0.1, 0.15) is 46.0 Å². The Balaban J connectivity index is 2.04. The van der Waals surface area contributed by atoms with Crippen molar-refractivity contribution >= 4 is 5.97 Å². The monoisotopic (exact) mass is 196 g/mol. The molecule has 0 aliphatic heterocycles. The zero-order valence-electron chi connectivity index (χ0n) is 9.12. The van der Waals surface area contributed by atoms with Gasteiger partial charge in [-0.3, -0.25) is 4.79 Å². The fourth-order valence-electron chi connectivity index (χ4n) is 3.14. The molecule has 0 radical (unpaired) electrons. The molecular formula is C12H20O2. The van der Waals surface area contributed by atoms with Gasteiger partial charge >= 0.3 is 5.97 Å². The van der Waals surface area contributed by atoms with Crippen molar-refractivity contribution in [2.24, 2.45) is 23.2 Å². The Kier molecular flexibility index (Phi) is 2.32. The van der Waals surface area contributed by atoms with E-state index < -0.39 is 5.97 Å². The average molecular weight is 196 g/mol. The van der Waals surface area contributed by atoms with Gasteiger partial charge < -0.3 is 5.11 Å². The van der Waals surface area contributed by atoms with Gasteiger partial charge in [0.15, 0.2) is 0 Å². The van der Waals surface area contributed by atoms with Gasteiger partial charge in [-0.05, 0) is 43.4 Å². The van der Waals surface area contributed by atoms with Crippen molar-refractivity contribution in [2.45, 2.75) is 46.0 Å². The first-order chi connectivity index (χ1) is 6.57. The van der Waals surface area contributed by atoms with Crippen molar-refractivity contribution in [2.75, 3.05) is 0 Å². The molecule has 2 saturated carbocycles. The Bertz CT molecular complexity index is 237. The van der Waals surface area contributed by atoms with Crippen molar-refractivity contribution in [1.82, 2.24) is 0 Å². The Labute approximate surface area is 85.7 Å². The third kappa shape index (κ3) is 1.55. The second-order valence-electron chi connectivity index (χ2n) is 5.47. The molecule has 0 bridgehead atoms. The maximum atomic E-state index is 11.3. The third-order valence-electron chi connectivity index (χ3n) is 4.26. The fraction of sp³-hybridized carbons (Fsp3) is 0.917. The van der Waals surface area contributed by atoms with Gasteiger partial charge in [-0.25, -0.2) is 0 Å². The van der Waals surface area contributed by atoms with Gasteiger partial charge in [-0.15, -0.1) is 0 Å². The van der Waals surface area contributed by atoms with Crippen LogP contribution in [0.15, 0.2) is 0 Å². The lowest BCUT2D eigenvalue weighted by Crippen LogP contribution is -2.31. The van der Waals surface area contributed by atoms with Gasteiger partial charge in [0, 0.05) is 0 Å². The highest BCUT2D eigenvalue weighted by atomic mass is 16.4. The molecule has 0 aromatic rings. The zero-order chi connectivity index (χ0) is 10.3. The molecule has 3 unspecified atom stereocenters. The van der Waals surface area contributed by atoms with Crippen LogP contribution in [0.2, 0.25) is 0 Å². The fourth-order valence-corrected chi connectivity index (χ4v) is 3.14. The summed E-state index contributed by atoms with van der Waals surface area (Å²) in [6.45, 7) is 4.32. The van der Waals surface area contributed by atoms with E-state index in [0.29, 0.717) is 5.92 Å². The zero-order valence-corrected chi connectivity index (χ0v) is 9.12. The molecular weight excluding hydrogens is 176 g/mol. The van der Waals surface area contributed by atoms with Crippen LogP contribution in [0, 0.1) is 23.2 Å². The highest BCUT2D eigenvalue weighted by molar-refractivity contribution is 5.75. The molecule has 0 aromatic carbocycles. The number of carbonyl (C=O) groups is 1. The summed E-state index contributed by atoms with van der Waals surface area (Å²) in [5.41, 5.74) is -0.344. The van der Waals surface area contributed by atoms with Crippen LogP contribution < -0.4 is 0 Å². The molecule has 0 aromatic heterocycles. The lowest BCUT2D eigenvalue weighted by atomic mass is 9.75. The Morgan fingerprint density at radius 3 is 2.50 bits per heavy atom. The summed E-state index contributed by atoms with van der Waals surface area (Å²) in [7, 11) is 0. The Morgan fingerprint density at radius 2 is 2.07 bits per heavy atom. The molecule has 1 N–H and O–H groups in total. The third-order valence-corrected chi connectivity index (χ3v) is 4.26. The summed E-state index contributed by atoms with van der Waals surface area (Å²) in [4.78, 5) is 11.3. The standard InChI is InChI=1S/C12H20O2/c1-3-8(2)5-12(11(13)14)6-9-4-10(9)7-12/h8-10H,3-7H2,1-2H3,(H,13,14). The van der Waals surface area contributed by atoms with Gasteiger partial charge in [0.25, 0.3) is 0 Å². The minimum Gasteiger partial charge on any atom is -0.481 e. The average Bonchev–Trinajstić information content (AvgIpc) is 2.74. The van der Waals surface area contributed by atoms with Crippen molar-refractivity contribution < 1.29 is 9.90 Å². The first-order valence-electron chi connectivity index (χ1n) is 5.81. The van der Waals surface area contributed by atoms with Crippen LogP contribution in [0.3, 0.4) is 0 Å². The number of aliphatic carboxylic acids is 1. The molecule has 3 atom stereocenters. The van der Waals surface area contributed by atoms with Crippen LogP contribution in [-0.2, 0) is 4.79 Å². The summed E-state index contributed by atoms with van der Waals surface area (Å²) < 4.78 is 0. The minimum absolute atomic E-state index is 0.344. The Hall–Kier alpha value is -0.530. The number of rotatable bonds is 4. The SMILES string of the molecule is CCC(C)CC1(C(=O)O)CC2CC2C1. The van der Waals surface area contributed by atoms with E-state index in [2.05, 4.69) is 13.8 Å². The largest absolute Gasteiger partial charge is 0.481 e. The molecule has 0 heterocycles. The number of hydrogen-bond acceptors (Lipinski definition) is 1. The highest BCUT2D eigenvalue weighted by Gasteiger charge is 2.57. The summed E-state index contributed by atoms with van der Waals surface area (Å²) >= 11 is 0. The van der Waals surface area contributed by atoms with Gasteiger partial charge in [-0.2, -0.15) is 0 Å². The highest BCUT2D eigenvalue weighted by Crippen LogP contribution is 2.61. The van der Waals surface area contributed by atoms with Crippen LogP contribution in [0.25, 0.3) is 0 Å². The molecule has 2 aliphatic carbocycles. The molecule has 0 amide bonds. The predicted molar refractivity (Wildman–Crippen MR) is 55.0 cm³/mol. The quantitative estimate of drug-likeness (QED) is 0.750. The lowest BCUT2D eigenvalue weighted by molar-refractivity contribution is -0.150. The van der Waals surface area contributed by atoms with Crippen LogP contribution in [0.5, 0.6) is 0 Å². The number of fused-ring (bicyclic) bond motifs is 1. The first kappa shape index (κ1) is 10.0. The molecule has 2 fully saturated rings. The molecule has 2 nitrogen and oxygen atoms in total. The molecule has 0 spiro atoms. The lowest BCUT2D eigenvalue weighted by Gasteiger charge is -2.28. The molecule has 14 heavy (non-hydrogen) atoms. The van der Waals surface area contributed by atoms with Crippen molar-refractivity contribution in [3.63, 3.8) is 0 Å². The minimum atomic E-state index is -0.537. The van der Waals surface area contributed by atoms with E-state index in [4.69, 9.17) is 0 Å². The van der Waals surface area contributed by atoms with E-state index in [1.54, 1.807) is 0 Å². The molecule has 2 aliphatic rings. The second-order valence-corrected chi connectivity index (χ2v) is 5.47. The second kappa shape index (κ2) is 3.25. The van der Waals surface area contributed by atoms with Crippen LogP contribution >= 0.6 is 0 Å². The van der Waals surface area contributed by atoms with Crippen LogP contribution in [-0.4, -0.2) is 11.1 Å². The summed E-state index contributed by atoms with van der Waals surface area (Å²) in [6.07, 6.45) is 5.21. The molecule has 0 saturated heterocycles. The number of hydrogen-bond donors (Lipinski definition) is 1. The molecule has 2 heteroatoms. The van der Waals surface area contributed by atoms with Crippen LogP contribution in [0.4, 0.5) is 0 Å². The predicted octanol–water partition coefficient (Wildman–Crippen LogP) is 2.92. The van der Waals surface area contributed by atoms with Gasteiger partial charge in [0.2, 0.25) is 0 Å². The van der Waals surface area contributed by atoms with Gasteiger partial charge in [0.1, 0.15) is 0 Å².